The normalized spacial score (nSPS) is 16.1. The standard InChI is InChI=1S/C17H17NO2S/c1-11-5-6-16-13(7-11)9-15(20-16)10-19-14-4-2-3-12(8-14)17(18)21/h2-8,15H,9-10H2,1H3,(H2,18,21). The molecule has 0 saturated heterocycles. The van der Waals surface area contributed by atoms with Gasteiger partial charge in [0.2, 0.25) is 0 Å². The van der Waals surface area contributed by atoms with Crippen LogP contribution in [0, 0.1) is 6.92 Å². The molecule has 1 aliphatic rings. The van der Waals surface area contributed by atoms with Gasteiger partial charge in [0, 0.05) is 12.0 Å². The number of thiocarbonyl (C=S) groups is 1. The molecule has 0 amide bonds. The van der Waals surface area contributed by atoms with Crippen LogP contribution in [0.2, 0.25) is 0 Å². The monoisotopic (exact) mass is 299 g/mol. The first kappa shape index (κ1) is 13.9. The summed E-state index contributed by atoms with van der Waals surface area (Å²) in [6.07, 6.45) is 0.932. The molecule has 0 fully saturated rings. The lowest BCUT2D eigenvalue weighted by molar-refractivity contribution is 0.148. The van der Waals surface area contributed by atoms with Crippen LogP contribution in [0.5, 0.6) is 11.5 Å². The minimum absolute atomic E-state index is 0.0512. The van der Waals surface area contributed by atoms with E-state index >= 15 is 0 Å². The summed E-state index contributed by atoms with van der Waals surface area (Å²) in [4.78, 5) is 0.375. The minimum atomic E-state index is 0.0512. The zero-order valence-corrected chi connectivity index (χ0v) is 12.7. The highest BCUT2D eigenvalue weighted by atomic mass is 32.1. The summed E-state index contributed by atoms with van der Waals surface area (Å²) >= 11 is 4.97. The van der Waals surface area contributed by atoms with Gasteiger partial charge in [0.1, 0.15) is 29.2 Å². The summed E-state index contributed by atoms with van der Waals surface area (Å²) in [5, 5.41) is 0. The predicted octanol–water partition coefficient (Wildman–Crippen LogP) is 3.01. The Morgan fingerprint density at radius 2 is 2.19 bits per heavy atom. The lowest BCUT2D eigenvalue weighted by atomic mass is 10.1. The molecule has 2 aromatic rings. The molecule has 3 nitrogen and oxygen atoms in total. The fourth-order valence-electron chi connectivity index (χ4n) is 2.47. The molecule has 0 radical (unpaired) electrons. The van der Waals surface area contributed by atoms with Crippen molar-refractivity contribution in [2.24, 2.45) is 5.73 Å². The highest BCUT2D eigenvalue weighted by molar-refractivity contribution is 7.80. The number of fused-ring (bicyclic) bond motifs is 1. The van der Waals surface area contributed by atoms with E-state index in [4.69, 9.17) is 27.4 Å². The summed E-state index contributed by atoms with van der Waals surface area (Å²) in [5.41, 5.74) is 8.94. The maximum atomic E-state index is 5.89. The fourth-order valence-corrected chi connectivity index (χ4v) is 2.60. The van der Waals surface area contributed by atoms with Crippen LogP contribution in [0.3, 0.4) is 0 Å². The number of hydrogen-bond donors (Lipinski definition) is 1. The Hall–Kier alpha value is -2.07. The third kappa shape index (κ3) is 3.16. The molecule has 1 unspecified atom stereocenters. The molecule has 0 bridgehead atoms. The van der Waals surface area contributed by atoms with E-state index in [1.54, 1.807) is 0 Å². The molecule has 1 aliphatic heterocycles. The third-order valence-corrected chi connectivity index (χ3v) is 3.75. The van der Waals surface area contributed by atoms with E-state index in [-0.39, 0.29) is 6.10 Å². The average molecular weight is 299 g/mol. The van der Waals surface area contributed by atoms with Crippen molar-refractivity contribution in [1.82, 2.24) is 0 Å². The number of hydrogen-bond acceptors (Lipinski definition) is 3. The van der Waals surface area contributed by atoms with Gasteiger partial charge in [0.15, 0.2) is 0 Å². The zero-order chi connectivity index (χ0) is 14.8. The molecule has 4 heteroatoms. The molecule has 1 atom stereocenters. The Balaban J connectivity index is 1.62. The SMILES string of the molecule is Cc1ccc2c(c1)CC(COc1cccc(C(N)=S)c1)O2. The van der Waals surface area contributed by atoms with Gasteiger partial charge in [-0.25, -0.2) is 0 Å². The number of nitrogens with two attached hydrogens (primary N) is 1. The second-order valence-corrected chi connectivity index (χ2v) is 5.70. The Bertz CT molecular complexity index is 684. The van der Waals surface area contributed by atoms with Crippen LogP contribution in [0.4, 0.5) is 0 Å². The second kappa shape index (κ2) is 5.74. The smallest absolute Gasteiger partial charge is 0.137 e. The van der Waals surface area contributed by atoms with Gasteiger partial charge < -0.3 is 15.2 Å². The van der Waals surface area contributed by atoms with Crippen molar-refractivity contribution in [1.29, 1.82) is 0 Å². The van der Waals surface area contributed by atoms with Crippen LogP contribution in [0.25, 0.3) is 0 Å². The summed E-state index contributed by atoms with van der Waals surface area (Å²) < 4.78 is 11.7. The van der Waals surface area contributed by atoms with Crippen molar-refractivity contribution in [3.8, 4) is 11.5 Å². The molecule has 2 aromatic carbocycles. The van der Waals surface area contributed by atoms with Crippen molar-refractivity contribution >= 4 is 17.2 Å². The van der Waals surface area contributed by atoms with Crippen molar-refractivity contribution in [2.45, 2.75) is 19.4 Å². The van der Waals surface area contributed by atoms with Gasteiger partial charge in [-0.2, -0.15) is 0 Å². The first-order valence-corrected chi connectivity index (χ1v) is 7.31. The summed E-state index contributed by atoms with van der Waals surface area (Å²) in [6.45, 7) is 2.60. The van der Waals surface area contributed by atoms with Gasteiger partial charge in [-0.1, -0.05) is 42.0 Å². The van der Waals surface area contributed by atoms with Crippen LogP contribution < -0.4 is 15.2 Å². The zero-order valence-electron chi connectivity index (χ0n) is 11.8. The molecular weight excluding hydrogens is 282 g/mol. The number of ether oxygens (including phenoxy) is 2. The molecule has 0 spiro atoms. The quantitative estimate of drug-likeness (QED) is 0.882. The van der Waals surface area contributed by atoms with Gasteiger partial charge in [-0.3, -0.25) is 0 Å². The Morgan fingerprint density at radius 1 is 1.33 bits per heavy atom. The topological polar surface area (TPSA) is 44.5 Å². The largest absolute Gasteiger partial charge is 0.490 e. The van der Waals surface area contributed by atoms with Crippen molar-refractivity contribution in [2.75, 3.05) is 6.61 Å². The van der Waals surface area contributed by atoms with Gasteiger partial charge >= 0.3 is 0 Å². The summed E-state index contributed by atoms with van der Waals surface area (Å²) in [6, 6.07) is 13.8. The van der Waals surface area contributed by atoms with Crippen LogP contribution in [0.15, 0.2) is 42.5 Å². The number of aryl methyl sites for hydroxylation is 1. The molecule has 0 aliphatic carbocycles. The maximum Gasteiger partial charge on any atom is 0.137 e. The van der Waals surface area contributed by atoms with Gasteiger partial charge in [0.25, 0.3) is 0 Å². The Morgan fingerprint density at radius 3 is 3.00 bits per heavy atom. The van der Waals surface area contributed by atoms with E-state index < -0.39 is 0 Å². The first-order valence-electron chi connectivity index (χ1n) is 6.90. The first-order chi connectivity index (χ1) is 10.1. The van der Waals surface area contributed by atoms with Crippen molar-refractivity contribution in [3.63, 3.8) is 0 Å². The van der Waals surface area contributed by atoms with Crippen molar-refractivity contribution in [3.05, 3.63) is 59.2 Å². The van der Waals surface area contributed by atoms with Gasteiger partial charge in [-0.15, -0.1) is 0 Å². The van der Waals surface area contributed by atoms with E-state index in [1.165, 1.54) is 11.1 Å². The van der Waals surface area contributed by atoms with Crippen LogP contribution in [0.1, 0.15) is 16.7 Å². The van der Waals surface area contributed by atoms with E-state index in [0.717, 1.165) is 23.5 Å². The van der Waals surface area contributed by atoms with Crippen LogP contribution >= 0.6 is 12.2 Å². The number of rotatable bonds is 4. The van der Waals surface area contributed by atoms with Crippen LogP contribution in [-0.2, 0) is 6.42 Å². The predicted molar refractivity (Wildman–Crippen MR) is 87.1 cm³/mol. The number of benzene rings is 2. The Kier molecular flexibility index (Phi) is 3.80. The second-order valence-electron chi connectivity index (χ2n) is 5.26. The molecule has 3 rings (SSSR count). The third-order valence-electron chi connectivity index (χ3n) is 3.51. The molecular formula is C17H17NO2S. The van der Waals surface area contributed by atoms with E-state index in [9.17, 15) is 0 Å². The lowest BCUT2D eigenvalue weighted by Crippen LogP contribution is -2.22. The molecule has 0 saturated carbocycles. The summed E-state index contributed by atoms with van der Waals surface area (Å²) in [5.74, 6) is 1.72. The average Bonchev–Trinajstić information content (AvgIpc) is 2.87. The Labute approximate surface area is 129 Å². The van der Waals surface area contributed by atoms with Crippen molar-refractivity contribution < 1.29 is 9.47 Å². The fraction of sp³-hybridized carbons (Fsp3) is 0.235. The molecule has 2 N–H and O–H groups in total. The molecule has 21 heavy (non-hydrogen) atoms. The van der Waals surface area contributed by atoms with E-state index in [1.807, 2.05) is 30.3 Å². The molecule has 0 aromatic heterocycles. The maximum absolute atomic E-state index is 5.89. The van der Waals surface area contributed by atoms with Crippen LogP contribution in [-0.4, -0.2) is 17.7 Å². The summed E-state index contributed by atoms with van der Waals surface area (Å²) in [7, 11) is 0. The highest BCUT2D eigenvalue weighted by Crippen LogP contribution is 2.29. The molecule has 1 heterocycles. The van der Waals surface area contributed by atoms with E-state index in [0.29, 0.717) is 11.6 Å². The molecule has 108 valence electrons. The highest BCUT2D eigenvalue weighted by Gasteiger charge is 2.23. The van der Waals surface area contributed by atoms with Gasteiger partial charge in [0.05, 0.1) is 0 Å². The van der Waals surface area contributed by atoms with E-state index in [2.05, 4.69) is 19.1 Å². The minimum Gasteiger partial charge on any atom is -0.490 e. The lowest BCUT2D eigenvalue weighted by Gasteiger charge is -2.13. The van der Waals surface area contributed by atoms with Gasteiger partial charge in [-0.05, 0) is 30.7 Å².